The number of hydrogen-bond donors (Lipinski definition) is 2. The van der Waals surface area contributed by atoms with Crippen LogP contribution >= 0.6 is 0 Å². The highest BCUT2D eigenvalue weighted by atomic mass is 16.5. The summed E-state index contributed by atoms with van der Waals surface area (Å²) in [4.78, 5) is 38.3. The van der Waals surface area contributed by atoms with E-state index in [1.165, 1.54) is 0 Å². The molecule has 0 bridgehead atoms. The van der Waals surface area contributed by atoms with E-state index < -0.39 is 6.09 Å². The molecule has 0 spiro atoms. The number of rotatable bonds is 8. The molecule has 0 aromatic rings. The minimum absolute atomic E-state index is 0.0299. The number of alkyl carbamates (subject to hydrolysis) is 1. The molecular weight excluding hydrogens is 334 g/mol. The van der Waals surface area contributed by atoms with E-state index in [9.17, 15) is 14.4 Å². The predicted molar refractivity (Wildman–Crippen MR) is 98.4 cm³/mol. The number of carbonyl (C=O) groups is 3. The molecule has 2 aliphatic rings. The van der Waals surface area contributed by atoms with Gasteiger partial charge in [-0.25, -0.2) is 4.79 Å². The van der Waals surface area contributed by atoms with E-state index in [1.54, 1.807) is 6.92 Å². The zero-order chi connectivity index (χ0) is 19.1. The van der Waals surface area contributed by atoms with Crippen LogP contribution in [0.3, 0.4) is 0 Å². The normalized spacial score (nSPS) is 21.2. The molecule has 0 aromatic carbocycles. The maximum Gasteiger partial charge on any atom is 0.407 e. The van der Waals surface area contributed by atoms with Gasteiger partial charge in [0.2, 0.25) is 11.8 Å². The zero-order valence-electron chi connectivity index (χ0n) is 16.3. The monoisotopic (exact) mass is 367 g/mol. The van der Waals surface area contributed by atoms with Crippen LogP contribution in [0, 0.1) is 17.8 Å². The van der Waals surface area contributed by atoms with Crippen LogP contribution in [0.4, 0.5) is 4.79 Å². The minimum Gasteiger partial charge on any atom is -0.450 e. The van der Waals surface area contributed by atoms with E-state index in [0.717, 1.165) is 38.6 Å². The minimum atomic E-state index is -0.453. The summed E-state index contributed by atoms with van der Waals surface area (Å²) in [6.07, 6.45) is 3.96. The second-order valence-electron chi connectivity index (χ2n) is 7.83. The number of carbonyl (C=O) groups excluding carboxylic acids is 3. The van der Waals surface area contributed by atoms with Crippen molar-refractivity contribution in [3.63, 3.8) is 0 Å². The van der Waals surface area contributed by atoms with Gasteiger partial charge in [0.1, 0.15) is 0 Å². The van der Waals surface area contributed by atoms with Crippen molar-refractivity contribution in [2.75, 3.05) is 26.2 Å². The van der Waals surface area contributed by atoms with Crippen molar-refractivity contribution in [2.45, 2.75) is 58.9 Å². The molecular formula is C19H33N3O4. The summed E-state index contributed by atoms with van der Waals surface area (Å²) in [5.41, 5.74) is 0. The largest absolute Gasteiger partial charge is 0.450 e. The van der Waals surface area contributed by atoms with Crippen LogP contribution in [0.2, 0.25) is 0 Å². The lowest BCUT2D eigenvalue weighted by molar-refractivity contribution is -0.136. The lowest BCUT2D eigenvalue weighted by Crippen LogP contribution is -2.49. The summed E-state index contributed by atoms with van der Waals surface area (Å²) < 4.78 is 4.94. The van der Waals surface area contributed by atoms with Crippen molar-refractivity contribution >= 4 is 17.9 Å². The van der Waals surface area contributed by atoms with Gasteiger partial charge in [0.15, 0.2) is 0 Å². The fraction of sp³-hybridized carbons (Fsp3) is 0.842. The average Bonchev–Trinajstić information content (AvgIpc) is 3.43. The van der Waals surface area contributed by atoms with Crippen molar-refractivity contribution in [3.8, 4) is 0 Å². The van der Waals surface area contributed by atoms with Crippen molar-refractivity contribution in [2.24, 2.45) is 17.8 Å². The number of nitrogens with zero attached hydrogens (tertiary/aromatic N) is 1. The Morgan fingerprint density at radius 1 is 1.15 bits per heavy atom. The van der Waals surface area contributed by atoms with Crippen molar-refractivity contribution in [3.05, 3.63) is 0 Å². The molecule has 0 radical (unpaired) electrons. The number of hydrogen-bond acceptors (Lipinski definition) is 4. The molecule has 1 heterocycles. The Kier molecular flexibility index (Phi) is 7.72. The van der Waals surface area contributed by atoms with Gasteiger partial charge in [-0.3, -0.25) is 9.59 Å². The molecule has 1 aliphatic carbocycles. The molecule has 2 atom stereocenters. The van der Waals surface area contributed by atoms with Gasteiger partial charge in [0.05, 0.1) is 12.5 Å². The van der Waals surface area contributed by atoms with Crippen LogP contribution in [-0.2, 0) is 14.3 Å². The van der Waals surface area contributed by atoms with Gasteiger partial charge in [-0.1, -0.05) is 13.8 Å². The van der Waals surface area contributed by atoms with Gasteiger partial charge in [0.25, 0.3) is 0 Å². The van der Waals surface area contributed by atoms with Gasteiger partial charge < -0.3 is 20.3 Å². The number of piperidine rings is 1. The molecule has 3 amide bonds. The lowest BCUT2D eigenvalue weighted by atomic mass is 9.96. The first-order valence-electron chi connectivity index (χ1n) is 9.90. The van der Waals surface area contributed by atoms with Gasteiger partial charge in [-0.2, -0.15) is 0 Å². The number of amides is 3. The molecule has 7 nitrogen and oxygen atoms in total. The van der Waals surface area contributed by atoms with Gasteiger partial charge in [-0.15, -0.1) is 0 Å². The van der Waals surface area contributed by atoms with E-state index in [4.69, 9.17) is 4.74 Å². The Balaban J connectivity index is 1.81. The molecule has 2 N–H and O–H groups in total. The van der Waals surface area contributed by atoms with E-state index in [0.29, 0.717) is 25.6 Å². The van der Waals surface area contributed by atoms with E-state index in [1.807, 2.05) is 4.90 Å². The first kappa shape index (κ1) is 20.5. The number of likely N-dealkylation sites (tertiary alicyclic amines) is 1. The smallest absolute Gasteiger partial charge is 0.407 e. The van der Waals surface area contributed by atoms with Crippen molar-refractivity contribution in [1.29, 1.82) is 0 Å². The molecule has 148 valence electrons. The van der Waals surface area contributed by atoms with E-state index in [-0.39, 0.29) is 29.7 Å². The second-order valence-corrected chi connectivity index (χ2v) is 7.83. The van der Waals surface area contributed by atoms with Crippen LogP contribution in [0.15, 0.2) is 0 Å². The van der Waals surface area contributed by atoms with Crippen LogP contribution in [0.25, 0.3) is 0 Å². The van der Waals surface area contributed by atoms with Gasteiger partial charge in [-0.05, 0) is 44.9 Å². The third kappa shape index (κ3) is 6.50. The lowest BCUT2D eigenvalue weighted by Gasteiger charge is -2.32. The Labute approximate surface area is 156 Å². The molecule has 2 rings (SSSR count). The van der Waals surface area contributed by atoms with E-state index in [2.05, 4.69) is 24.5 Å². The Morgan fingerprint density at radius 3 is 2.50 bits per heavy atom. The van der Waals surface area contributed by atoms with E-state index >= 15 is 0 Å². The van der Waals surface area contributed by atoms with Crippen LogP contribution in [0.5, 0.6) is 0 Å². The summed E-state index contributed by atoms with van der Waals surface area (Å²) in [5, 5.41) is 5.78. The van der Waals surface area contributed by atoms with Gasteiger partial charge in [0, 0.05) is 31.6 Å². The Bertz CT molecular complexity index is 505. The highest BCUT2D eigenvalue weighted by molar-refractivity contribution is 5.83. The highest BCUT2D eigenvalue weighted by Gasteiger charge is 2.36. The number of ether oxygens (including phenoxy) is 1. The third-order valence-corrected chi connectivity index (χ3v) is 4.91. The molecule has 1 saturated heterocycles. The standard InChI is InChI=1S/C19H33N3O4/c1-4-26-19(25)21-16(10-13(2)3)11-20-17(23)15-6-5-9-22(12-15)18(24)14-7-8-14/h13-16H,4-12H2,1-3H3,(H,20,23)(H,21,25). The molecule has 26 heavy (non-hydrogen) atoms. The fourth-order valence-corrected chi connectivity index (χ4v) is 3.45. The highest BCUT2D eigenvalue weighted by Crippen LogP contribution is 2.32. The first-order valence-corrected chi connectivity index (χ1v) is 9.90. The zero-order valence-corrected chi connectivity index (χ0v) is 16.3. The summed E-state index contributed by atoms with van der Waals surface area (Å²) in [5.74, 6) is 0.608. The van der Waals surface area contributed by atoms with Crippen LogP contribution < -0.4 is 10.6 Å². The fourth-order valence-electron chi connectivity index (χ4n) is 3.45. The number of nitrogens with one attached hydrogen (secondary N) is 2. The summed E-state index contributed by atoms with van der Waals surface area (Å²) >= 11 is 0. The second kappa shape index (κ2) is 9.78. The van der Waals surface area contributed by atoms with Crippen molar-refractivity contribution in [1.82, 2.24) is 15.5 Å². The first-order chi connectivity index (χ1) is 12.4. The topological polar surface area (TPSA) is 87.7 Å². The third-order valence-electron chi connectivity index (χ3n) is 4.91. The Hall–Kier alpha value is -1.79. The molecule has 2 unspecified atom stereocenters. The molecule has 7 heteroatoms. The molecule has 2 fully saturated rings. The molecule has 1 saturated carbocycles. The summed E-state index contributed by atoms with van der Waals surface area (Å²) in [6.45, 7) is 7.88. The molecule has 1 aliphatic heterocycles. The van der Waals surface area contributed by atoms with Crippen LogP contribution in [-0.4, -0.2) is 55.1 Å². The maximum atomic E-state index is 12.6. The van der Waals surface area contributed by atoms with Crippen LogP contribution in [0.1, 0.15) is 52.9 Å². The SMILES string of the molecule is CCOC(=O)NC(CNC(=O)C1CCCN(C(=O)C2CC2)C1)CC(C)C. The Morgan fingerprint density at radius 2 is 1.88 bits per heavy atom. The summed E-state index contributed by atoms with van der Waals surface area (Å²) in [7, 11) is 0. The maximum absolute atomic E-state index is 12.6. The van der Waals surface area contributed by atoms with Gasteiger partial charge >= 0.3 is 6.09 Å². The average molecular weight is 367 g/mol. The summed E-state index contributed by atoms with van der Waals surface area (Å²) in [6, 6.07) is -0.161. The predicted octanol–water partition coefficient (Wildman–Crippen LogP) is 1.91. The van der Waals surface area contributed by atoms with Crippen molar-refractivity contribution < 1.29 is 19.1 Å². The quantitative estimate of drug-likeness (QED) is 0.686. The molecule has 0 aromatic heterocycles.